The van der Waals surface area contributed by atoms with Crippen LogP contribution in [0.15, 0.2) is 17.2 Å². The van der Waals surface area contributed by atoms with Gasteiger partial charge in [-0.3, -0.25) is 0 Å². The zero-order chi connectivity index (χ0) is 14.9. The monoisotopic (exact) mass is 300 g/mol. The summed E-state index contributed by atoms with van der Waals surface area (Å²) >= 11 is 0. The number of aryl methyl sites for hydroxylation is 1. The number of aromatic nitrogens is 1. The van der Waals surface area contributed by atoms with E-state index in [4.69, 9.17) is 5.11 Å². The van der Waals surface area contributed by atoms with Crippen LogP contribution >= 0.6 is 0 Å². The minimum atomic E-state index is -3.66. The largest absolute Gasteiger partial charge is 0.477 e. The van der Waals surface area contributed by atoms with E-state index in [1.54, 1.807) is 6.92 Å². The average Bonchev–Trinajstić information content (AvgIpc) is 2.96. The van der Waals surface area contributed by atoms with E-state index in [0.717, 1.165) is 19.3 Å². The highest BCUT2D eigenvalue weighted by molar-refractivity contribution is 7.89. The summed E-state index contributed by atoms with van der Waals surface area (Å²) in [5, 5.41) is 9.07. The Kier molecular flexibility index (Phi) is 4.19. The number of rotatable bonds is 5. The second-order valence-corrected chi connectivity index (χ2v) is 7.00. The van der Waals surface area contributed by atoms with Crippen molar-refractivity contribution in [3.63, 3.8) is 0 Å². The molecule has 1 saturated carbocycles. The zero-order valence-corrected chi connectivity index (χ0v) is 12.5. The SMILES string of the molecule is CCn1cc(S(=O)(=O)NC2CCCC2C)cc1C(=O)O. The fourth-order valence-electron chi connectivity index (χ4n) is 2.66. The Bertz CT molecular complexity index is 606. The van der Waals surface area contributed by atoms with Crippen LogP contribution in [-0.4, -0.2) is 30.1 Å². The van der Waals surface area contributed by atoms with Gasteiger partial charge in [0.25, 0.3) is 0 Å². The standard InChI is InChI=1S/C13H20N2O4S/c1-3-15-8-10(7-12(15)13(16)17)20(18,19)14-11-6-4-5-9(11)2/h7-9,11,14H,3-6H2,1-2H3,(H,16,17). The number of sulfonamides is 1. The number of carbonyl (C=O) groups is 1. The van der Waals surface area contributed by atoms with Gasteiger partial charge < -0.3 is 9.67 Å². The Labute approximate surface area is 118 Å². The number of nitrogens with zero attached hydrogens (tertiary/aromatic N) is 1. The Morgan fingerprint density at radius 1 is 1.50 bits per heavy atom. The third kappa shape index (κ3) is 2.88. The van der Waals surface area contributed by atoms with Gasteiger partial charge in [0.2, 0.25) is 10.0 Å². The quantitative estimate of drug-likeness (QED) is 0.866. The number of carboxylic acids is 1. The summed E-state index contributed by atoms with van der Waals surface area (Å²) in [5.41, 5.74) is -0.00709. The van der Waals surface area contributed by atoms with Crippen LogP contribution in [0.1, 0.15) is 43.6 Å². The predicted molar refractivity (Wildman–Crippen MR) is 74.2 cm³/mol. The first-order valence-electron chi connectivity index (χ1n) is 6.81. The van der Waals surface area contributed by atoms with Gasteiger partial charge in [-0.25, -0.2) is 17.9 Å². The third-order valence-corrected chi connectivity index (χ3v) is 5.37. The molecule has 1 aliphatic rings. The normalized spacial score (nSPS) is 23.1. The van der Waals surface area contributed by atoms with Gasteiger partial charge in [0.05, 0.1) is 0 Å². The molecular formula is C13H20N2O4S. The summed E-state index contributed by atoms with van der Waals surface area (Å²) in [7, 11) is -3.66. The lowest BCUT2D eigenvalue weighted by atomic mass is 10.1. The van der Waals surface area contributed by atoms with Crippen molar-refractivity contribution >= 4 is 16.0 Å². The smallest absolute Gasteiger partial charge is 0.352 e. The summed E-state index contributed by atoms with van der Waals surface area (Å²) in [6.45, 7) is 4.21. The Morgan fingerprint density at radius 3 is 2.65 bits per heavy atom. The highest BCUT2D eigenvalue weighted by Crippen LogP contribution is 2.26. The molecule has 0 saturated heterocycles. The van der Waals surface area contributed by atoms with Gasteiger partial charge in [-0.1, -0.05) is 13.3 Å². The number of hydrogen-bond donors (Lipinski definition) is 2. The van der Waals surface area contributed by atoms with Crippen LogP contribution in [0.25, 0.3) is 0 Å². The van der Waals surface area contributed by atoms with Crippen LogP contribution in [0.4, 0.5) is 0 Å². The Balaban J connectivity index is 2.27. The minimum Gasteiger partial charge on any atom is -0.477 e. The third-order valence-electron chi connectivity index (χ3n) is 3.91. The Hall–Kier alpha value is -1.34. The molecule has 0 radical (unpaired) electrons. The van der Waals surface area contributed by atoms with Crippen LogP contribution in [0.2, 0.25) is 0 Å². The van der Waals surface area contributed by atoms with Crippen LogP contribution in [0, 0.1) is 5.92 Å². The second-order valence-electron chi connectivity index (χ2n) is 5.29. The highest BCUT2D eigenvalue weighted by atomic mass is 32.2. The van der Waals surface area contributed by atoms with Crippen molar-refractivity contribution in [2.75, 3.05) is 0 Å². The highest BCUT2D eigenvalue weighted by Gasteiger charge is 2.29. The number of nitrogens with one attached hydrogen (secondary N) is 1. The maximum Gasteiger partial charge on any atom is 0.352 e. The predicted octanol–water partition coefficient (Wildman–Crippen LogP) is 1.67. The van der Waals surface area contributed by atoms with Crippen molar-refractivity contribution in [2.45, 2.75) is 50.6 Å². The van der Waals surface area contributed by atoms with Crippen LogP contribution in [0.5, 0.6) is 0 Å². The first-order chi connectivity index (χ1) is 9.35. The first-order valence-corrected chi connectivity index (χ1v) is 8.29. The van der Waals surface area contributed by atoms with Crippen molar-refractivity contribution in [2.24, 2.45) is 5.92 Å². The minimum absolute atomic E-state index is 0.00709. The maximum absolute atomic E-state index is 12.3. The fourth-order valence-corrected chi connectivity index (χ4v) is 4.08. The second kappa shape index (κ2) is 5.57. The molecule has 112 valence electrons. The van der Waals surface area contributed by atoms with Crippen molar-refractivity contribution in [3.05, 3.63) is 18.0 Å². The van der Waals surface area contributed by atoms with Crippen LogP contribution < -0.4 is 4.72 Å². The Morgan fingerprint density at radius 2 is 2.20 bits per heavy atom. The molecule has 1 aromatic heterocycles. The van der Waals surface area contributed by atoms with Gasteiger partial charge in [0.1, 0.15) is 10.6 Å². The van der Waals surface area contributed by atoms with Crippen molar-refractivity contribution in [1.29, 1.82) is 0 Å². The lowest BCUT2D eigenvalue weighted by molar-refractivity contribution is 0.0685. The molecule has 2 N–H and O–H groups in total. The lowest BCUT2D eigenvalue weighted by Crippen LogP contribution is -2.36. The van der Waals surface area contributed by atoms with Gasteiger partial charge in [-0.15, -0.1) is 0 Å². The van der Waals surface area contributed by atoms with Crippen LogP contribution in [-0.2, 0) is 16.6 Å². The van der Waals surface area contributed by atoms with Crippen LogP contribution in [0.3, 0.4) is 0 Å². The van der Waals surface area contributed by atoms with E-state index in [9.17, 15) is 13.2 Å². The van der Waals surface area contributed by atoms with Crippen molar-refractivity contribution in [1.82, 2.24) is 9.29 Å². The molecule has 1 fully saturated rings. The van der Waals surface area contributed by atoms with E-state index in [1.807, 2.05) is 6.92 Å². The van der Waals surface area contributed by atoms with E-state index in [0.29, 0.717) is 12.5 Å². The molecule has 0 aliphatic heterocycles. The number of aromatic carboxylic acids is 1. The van der Waals surface area contributed by atoms with E-state index < -0.39 is 16.0 Å². The van der Waals surface area contributed by atoms with E-state index >= 15 is 0 Å². The molecule has 7 heteroatoms. The summed E-state index contributed by atoms with van der Waals surface area (Å²) in [6, 6.07) is 1.16. The van der Waals surface area contributed by atoms with Crippen molar-refractivity contribution in [3.8, 4) is 0 Å². The molecule has 0 aromatic carbocycles. The molecule has 2 unspecified atom stereocenters. The summed E-state index contributed by atoms with van der Waals surface area (Å²) < 4.78 is 28.8. The molecular weight excluding hydrogens is 280 g/mol. The molecule has 20 heavy (non-hydrogen) atoms. The number of hydrogen-bond acceptors (Lipinski definition) is 3. The van der Waals surface area contributed by atoms with Gasteiger partial charge in [0.15, 0.2) is 0 Å². The maximum atomic E-state index is 12.3. The summed E-state index contributed by atoms with van der Waals surface area (Å²) in [6.07, 6.45) is 4.25. The summed E-state index contributed by atoms with van der Waals surface area (Å²) in [5.74, 6) is -0.806. The van der Waals surface area contributed by atoms with Crippen molar-refractivity contribution < 1.29 is 18.3 Å². The van der Waals surface area contributed by atoms with E-state index in [1.165, 1.54) is 16.8 Å². The van der Waals surface area contributed by atoms with Gasteiger partial charge in [-0.2, -0.15) is 0 Å². The fraction of sp³-hybridized carbons (Fsp3) is 0.615. The molecule has 1 aromatic rings. The molecule has 2 rings (SSSR count). The molecule has 1 heterocycles. The number of carboxylic acid groups (broad SMARTS) is 1. The molecule has 2 atom stereocenters. The molecule has 0 bridgehead atoms. The molecule has 0 spiro atoms. The summed E-state index contributed by atoms with van der Waals surface area (Å²) in [4.78, 5) is 11.1. The van der Waals surface area contributed by atoms with Gasteiger partial charge >= 0.3 is 5.97 Å². The topological polar surface area (TPSA) is 88.4 Å². The van der Waals surface area contributed by atoms with E-state index in [-0.39, 0.29) is 16.6 Å². The van der Waals surface area contributed by atoms with Gasteiger partial charge in [0, 0.05) is 18.8 Å². The van der Waals surface area contributed by atoms with E-state index in [2.05, 4.69) is 4.72 Å². The molecule has 0 amide bonds. The van der Waals surface area contributed by atoms with Gasteiger partial charge in [-0.05, 0) is 31.7 Å². The lowest BCUT2D eigenvalue weighted by Gasteiger charge is -2.16. The first kappa shape index (κ1) is 15.1. The average molecular weight is 300 g/mol. The molecule has 1 aliphatic carbocycles. The molecule has 6 nitrogen and oxygen atoms in total. The zero-order valence-electron chi connectivity index (χ0n) is 11.7.